The molecule has 3 nitrogen and oxygen atoms in total. The van der Waals surface area contributed by atoms with Gasteiger partial charge >= 0.3 is 5.97 Å². The van der Waals surface area contributed by atoms with E-state index >= 15 is 0 Å². The van der Waals surface area contributed by atoms with E-state index in [9.17, 15) is 13.6 Å². The third kappa shape index (κ3) is 3.04. The molecule has 1 aromatic heterocycles. The Morgan fingerprint density at radius 1 is 1.59 bits per heavy atom. The lowest BCUT2D eigenvalue weighted by Gasteiger charge is -2.10. The summed E-state index contributed by atoms with van der Waals surface area (Å²) in [4.78, 5) is 14.9. The maximum absolute atomic E-state index is 12.6. The molecule has 0 aromatic carbocycles. The summed E-state index contributed by atoms with van der Waals surface area (Å²) in [6.45, 7) is 1.77. The minimum absolute atomic E-state index is 0.0473. The smallest absolute Gasteiger partial charge is 0.341 e. The number of aromatic nitrogens is 1. The highest BCUT2D eigenvalue weighted by molar-refractivity contribution is 6.35. The number of ether oxygens (including phenoxy) is 1. The molecule has 94 valence electrons. The maximum Gasteiger partial charge on any atom is 0.341 e. The van der Waals surface area contributed by atoms with Gasteiger partial charge in [-0.3, -0.25) is 4.98 Å². The molecule has 0 saturated carbocycles. The van der Waals surface area contributed by atoms with Crippen molar-refractivity contribution in [2.45, 2.75) is 19.2 Å². The molecule has 1 aromatic rings. The van der Waals surface area contributed by atoms with E-state index in [1.807, 2.05) is 0 Å². The lowest BCUT2D eigenvalue weighted by atomic mass is 10.1. The topological polar surface area (TPSA) is 39.2 Å². The molecule has 0 N–H and O–H groups in total. The minimum Gasteiger partial charge on any atom is -0.462 e. The van der Waals surface area contributed by atoms with Gasteiger partial charge in [0.2, 0.25) is 0 Å². The van der Waals surface area contributed by atoms with E-state index in [2.05, 4.69) is 4.98 Å². The zero-order chi connectivity index (χ0) is 13.0. The van der Waals surface area contributed by atoms with Crippen molar-refractivity contribution in [1.82, 2.24) is 4.98 Å². The Bertz CT molecular complexity index is 427. The summed E-state index contributed by atoms with van der Waals surface area (Å²) < 4.78 is 29.9. The summed E-state index contributed by atoms with van der Waals surface area (Å²) in [5.41, 5.74) is -0.625. The van der Waals surface area contributed by atoms with Crippen LogP contribution in [-0.2, 0) is 10.6 Å². The normalized spacial score (nSPS) is 10.7. The summed E-state index contributed by atoms with van der Waals surface area (Å²) in [5.74, 6) is -0.962. The number of pyridine rings is 1. The third-order valence-electron chi connectivity index (χ3n) is 1.98. The quantitative estimate of drug-likeness (QED) is 0.626. The lowest BCUT2D eigenvalue weighted by Crippen LogP contribution is -2.09. The van der Waals surface area contributed by atoms with Gasteiger partial charge < -0.3 is 4.74 Å². The van der Waals surface area contributed by atoms with E-state index in [4.69, 9.17) is 27.9 Å². The van der Waals surface area contributed by atoms with Crippen LogP contribution in [0.3, 0.4) is 0 Å². The molecule has 0 saturated heterocycles. The van der Waals surface area contributed by atoms with Crippen LogP contribution < -0.4 is 0 Å². The van der Waals surface area contributed by atoms with Crippen molar-refractivity contribution in [3.63, 3.8) is 0 Å². The van der Waals surface area contributed by atoms with E-state index in [1.54, 1.807) is 6.92 Å². The van der Waals surface area contributed by atoms with Gasteiger partial charge in [0.25, 0.3) is 6.43 Å². The number of carbonyl (C=O) groups is 1. The summed E-state index contributed by atoms with van der Waals surface area (Å²) in [7, 11) is 0. The molecule has 7 heteroatoms. The van der Waals surface area contributed by atoms with Crippen molar-refractivity contribution in [2.75, 3.05) is 6.61 Å². The number of halogens is 4. The molecule has 0 atom stereocenters. The summed E-state index contributed by atoms with van der Waals surface area (Å²) >= 11 is 11.4. The number of alkyl halides is 3. The van der Waals surface area contributed by atoms with Gasteiger partial charge in [-0.2, -0.15) is 0 Å². The number of nitrogens with zero attached hydrogens (tertiary/aromatic N) is 1. The van der Waals surface area contributed by atoms with Crippen LogP contribution in [0.5, 0.6) is 0 Å². The minimum atomic E-state index is -2.79. The Morgan fingerprint density at radius 2 is 2.24 bits per heavy atom. The molecular weight excluding hydrogens is 275 g/mol. The number of esters is 1. The van der Waals surface area contributed by atoms with Gasteiger partial charge in [0.05, 0.1) is 23.1 Å². The van der Waals surface area contributed by atoms with Gasteiger partial charge in [0.1, 0.15) is 5.69 Å². The van der Waals surface area contributed by atoms with Gasteiger partial charge in [-0.25, -0.2) is 13.6 Å². The SMILES string of the molecule is CCOC(=O)c1cnc(C(F)F)c(CCl)c1Cl. The molecule has 0 aliphatic heterocycles. The Kier molecular flexibility index (Phi) is 5.08. The van der Waals surface area contributed by atoms with Crippen LogP contribution in [0.25, 0.3) is 0 Å². The Labute approximate surface area is 107 Å². The predicted molar refractivity (Wildman–Crippen MR) is 59.7 cm³/mol. The number of hydrogen-bond acceptors (Lipinski definition) is 3. The molecule has 0 amide bonds. The van der Waals surface area contributed by atoms with Gasteiger partial charge in [-0.1, -0.05) is 11.6 Å². The molecular formula is C10H9Cl2F2NO2. The molecule has 1 heterocycles. The highest BCUT2D eigenvalue weighted by Crippen LogP contribution is 2.30. The summed E-state index contributed by atoms with van der Waals surface area (Å²) in [6.07, 6.45) is -1.82. The predicted octanol–water partition coefficient (Wildman–Crippen LogP) is 3.59. The second-order valence-electron chi connectivity index (χ2n) is 3.00. The van der Waals surface area contributed by atoms with E-state index < -0.39 is 18.1 Å². The largest absolute Gasteiger partial charge is 0.462 e. The van der Waals surface area contributed by atoms with Crippen LogP contribution in [0.15, 0.2) is 6.20 Å². The molecule has 17 heavy (non-hydrogen) atoms. The number of carbonyl (C=O) groups excluding carboxylic acids is 1. The fraction of sp³-hybridized carbons (Fsp3) is 0.400. The number of hydrogen-bond donors (Lipinski definition) is 0. The van der Waals surface area contributed by atoms with E-state index in [0.717, 1.165) is 6.20 Å². The second kappa shape index (κ2) is 6.12. The average Bonchev–Trinajstić information content (AvgIpc) is 2.28. The Hall–Kier alpha value is -0.940. The molecule has 0 radical (unpaired) electrons. The second-order valence-corrected chi connectivity index (χ2v) is 3.65. The van der Waals surface area contributed by atoms with Crippen molar-refractivity contribution < 1.29 is 18.3 Å². The highest BCUT2D eigenvalue weighted by Gasteiger charge is 2.22. The molecule has 0 bridgehead atoms. The van der Waals surface area contributed by atoms with Crippen molar-refractivity contribution >= 4 is 29.2 Å². The van der Waals surface area contributed by atoms with Crippen LogP contribution >= 0.6 is 23.2 Å². The van der Waals surface area contributed by atoms with Crippen LogP contribution in [0.1, 0.15) is 35.0 Å². The van der Waals surface area contributed by atoms with Gasteiger partial charge in [-0.15, -0.1) is 11.6 Å². The van der Waals surface area contributed by atoms with Gasteiger partial charge in [-0.05, 0) is 6.92 Å². The van der Waals surface area contributed by atoms with Crippen molar-refractivity contribution in [3.05, 3.63) is 28.0 Å². The van der Waals surface area contributed by atoms with Crippen molar-refractivity contribution in [3.8, 4) is 0 Å². The fourth-order valence-corrected chi connectivity index (χ4v) is 1.84. The van der Waals surface area contributed by atoms with Crippen LogP contribution in [0.2, 0.25) is 5.02 Å². The molecule has 1 rings (SSSR count). The third-order valence-corrected chi connectivity index (χ3v) is 2.68. The van der Waals surface area contributed by atoms with Gasteiger partial charge in [0, 0.05) is 11.8 Å². The van der Waals surface area contributed by atoms with Gasteiger partial charge in [0.15, 0.2) is 0 Å². The van der Waals surface area contributed by atoms with E-state index in [0.29, 0.717) is 0 Å². The van der Waals surface area contributed by atoms with Crippen molar-refractivity contribution in [1.29, 1.82) is 0 Å². The first-order valence-electron chi connectivity index (χ1n) is 4.71. The molecule has 0 spiro atoms. The molecule has 0 aliphatic carbocycles. The maximum atomic E-state index is 12.6. The Balaban J connectivity index is 3.24. The molecule has 0 fully saturated rings. The van der Waals surface area contributed by atoms with Crippen LogP contribution in [-0.4, -0.2) is 17.6 Å². The summed E-state index contributed by atoms with van der Waals surface area (Å²) in [5, 5.41) is -0.135. The summed E-state index contributed by atoms with van der Waals surface area (Å²) in [6, 6.07) is 0. The zero-order valence-electron chi connectivity index (χ0n) is 8.84. The average molecular weight is 284 g/mol. The highest BCUT2D eigenvalue weighted by atomic mass is 35.5. The molecule has 0 unspecified atom stereocenters. The van der Waals surface area contributed by atoms with E-state index in [1.165, 1.54) is 0 Å². The van der Waals surface area contributed by atoms with Crippen molar-refractivity contribution in [2.24, 2.45) is 0 Å². The fourth-order valence-electron chi connectivity index (χ4n) is 1.21. The van der Waals surface area contributed by atoms with Crippen LogP contribution in [0, 0.1) is 0 Å². The lowest BCUT2D eigenvalue weighted by molar-refractivity contribution is 0.0525. The Morgan fingerprint density at radius 3 is 2.71 bits per heavy atom. The molecule has 0 aliphatic rings. The number of rotatable bonds is 4. The standard InChI is InChI=1S/C10H9Cl2F2NO2/c1-2-17-10(16)6-4-15-8(9(13)14)5(3-11)7(6)12/h4,9H,2-3H2,1H3. The first-order chi connectivity index (χ1) is 8.02. The first kappa shape index (κ1) is 14.1. The monoisotopic (exact) mass is 283 g/mol. The zero-order valence-corrected chi connectivity index (χ0v) is 10.4. The van der Waals surface area contributed by atoms with E-state index in [-0.39, 0.29) is 28.6 Å². The van der Waals surface area contributed by atoms with Crippen LogP contribution in [0.4, 0.5) is 8.78 Å². The first-order valence-corrected chi connectivity index (χ1v) is 5.62.